The fourth-order valence-corrected chi connectivity index (χ4v) is 3.07. The van der Waals surface area contributed by atoms with Crippen molar-refractivity contribution < 1.29 is 4.79 Å². The summed E-state index contributed by atoms with van der Waals surface area (Å²) >= 11 is 0. The monoisotopic (exact) mass is 370 g/mol. The van der Waals surface area contributed by atoms with Crippen molar-refractivity contribution in [3.8, 4) is 11.1 Å². The molecule has 142 valence electrons. The van der Waals surface area contributed by atoms with Gasteiger partial charge in [-0.3, -0.25) is 4.79 Å². The van der Waals surface area contributed by atoms with E-state index >= 15 is 0 Å². The lowest BCUT2D eigenvalue weighted by molar-refractivity contribution is 0.0955. The molecule has 1 N–H and O–H groups in total. The number of hydrogen-bond donors (Lipinski definition) is 1. The van der Waals surface area contributed by atoms with E-state index in [1.54, 1.807) is 0 Å². The van der Waals surface area contributed by atoms with Crippen LogP contribution < -0.4 is 5.43 Å². The highest BCUT2D eigenvalue weighted by molar-refractivity contribution is 6.02. The van der Waals surface area contributed by atoms with Crippen LogP contribution in [0.3, 0.4) is 0 Å². The van der Waals surface area contributed by atoms with E-state index in [9.17, 15) is 4.79 Å². The number of unbranched alkanes of at least 4 members (excludes halogenated alkanes) is 2. The van der Waals surface area contributed by atoms with Crippen LogP contribution in [0.25, 0.3) is 11.1 Å². The molecule has 0 spiro atoms. The van der Waals surface area contributed by atoms with Crippen LogP contribution >= 0.6 is 0 Å². The summed E-state index contributed by atoms with van der Waals surface area (Å²) in [7, 11) is 0. The summed E-state index contributed by atoms with van der Waals surface area (Å²) in [5.74, 6) is -0.191. The molecule has 0 aromatic heterocycles. The number of carbonyl (C=O) groups is 1. The maximum atomic E-state index is 12.5. The predicted molar refractivity (Wildman–Crippen MR) is 116 cm³/mol. The number of hydrogen-bond acceptors (Lipinski definition) is 2. The summed E-state index contributed by atoms with van der Waals surface area (Å²) in [6.07, 6.45) is 4.22. The van der Waals surface area contributed by atoms with Gasteiger partial charge in [-0.1, -0.05) is 92.6 Å². The van der Waals surface area contributed by atoms with Crippen LogP contribution in [-0.4, -0.2) is 11.6 Å². The van der Waals surface area contributed by atoms with E-state index in [0.29, 0.717) is 5.56 Å². The van der Waals surface area contributed by atoms with Crippen LogP contribution in [0.15, 0.2) is 90.0 Å². The molecule has 0 atom stereocenters. The average Bonchev–Trinajstić information content (AvgIpc) is 2.77. The molecular weight excluding hydrogens is 344 g/mol. The highest BCUT2D eigenvalue weighted by Crippen LogP contribution is 2.19. The van der Waals surface area contributed by atoms with Crippen LogP contribution in [0.5, 0.6) is 0 Å². The zero-order valence-electron chi connectivity index (χ0n) is 16.3. The Morgan fingerprint density at radius 1 is 0.750 bits per heavy atom. The second kappa shape index (κ2) is 10.2. The Morgan fingerprint density at radius 2 is 1.36 bits per heavy atom. The van der Waals surface area contributed by atoms with Gasteiger partial charge in [-0.2, -0.15) is 5.10 Å². The number of rotatable bonds is 8. The molecular formula is C25H26N2O. The van der Waals surface area contributed by atoms with Crippen LogP contribution in [0, 0.1) is 0 Å². The van der Waals surface area contributed by atoms with E-state index in [4.69, 9.17) is 0 Å². The number of nitrogens with one attached hydrogen (secondary N) is 1. The van der Waals surface area contributed by atoms with Crippen molar-refractivity contribution >= 4 is 11.6 Å². The number of hydrazone groups is 1. The van der Waals surface area contributed by atoms with E-state index in [1.165, 1.54) is 0 Å². The largest absolute Gasteiger partial charge is 0.271 e. The lowest BCUT2D eigenvalue weighted by atomic mass is 10.0. The van der Waals surface area contributed by atoms with Gasteiger partial charge in [0, 0.05) is 5.56 Å². The van der Waals surface area contributed by atoms with Gasteiger partial charge in [0.2, 0.25) is 0 Å². The van der Waals surface area contributed by atoms with Gasteiger partial charge in [0.25, 0.3) is 5.91 Å². The molecule has 0 saturated carbocycles. The summed E-state index contributed by atoms with van der Waals surface area (Å²) in [4.78, 5) is 12.5. The molecule has 0 bridgehead atoms. The zero-order chi connectivity index (χ0) is 19.6. The molecule has 3 aromatic carbocycles. The molecule has 0 unspecified atom stereocenters. The van der Waals surface area contributed by atoms with Gasteiger partial charge < -0.3 is 0 Å². The van der Waals surface area contributed by atoms with Crippen LogP contribution in [0.2, 0.25) is 0 Å². The normalized spacial score (nSPS) is 11.2. The van der Waals surface area contributed by atoms with Crippen LogP contribution in [0.1, 0.15) is 48.5 Å². The fourth-order valence-electron chi connectivity index (χ4n) is 3.07. The summed E-state index contributed by atoms with van der Waals surface area (Å²) < 4.78 is 0. The van der Waals surface area contributed by atoms with E-state index in [0.717, 1.165) is 48.1 Å². The van der Waals surface area contributed by atoms with E-state index in [-0.39, 0.29) is 5.91 Å². The molecule has 0 aliphatic rings. The minimum Gasteiger partial charge on any atom is -0.267 e. The second-order valence-corrected chi connectivity index (χ2v) is 6.77. The summed E-state index contributed by atoms with van der Waals surface area (Å²) in [5.41, 5.74) is 7.53. The molecule has 0 radical (unpaired) electrons. The quantitative estimate of drug-likeness (QED) is 0.292. The smallest absolute Gasteiger partial charge is 0.267 e. The third-order valence-electron chi connectivity index (χ3n) is 4.67. The molecule has 1 amide bonds. The molecule has 3 aromatic rings. The van der Waals surface area contributed by atoms with E-state index in [1.807, 2.05) is 72.8 Å². The van der Waals surface area contributed by atoms with Gasteiger partial charge in [-0.15, -0.1) is 0 Å². The molecule has 0 aliphatic carbocycles. The van der Waals surface area contributed by atoms with E-state index < -0.39 is 0 Å². The van der Waals surface area contributed by atoms with Crippen molar-refractivity contribution in [2.75, 3.05) is 0 Å². The maximum absolute atomic E-state index is 12.5. The second-order valence-electron chi connectivity index (χ2n) is 6.77. The van der Waals surface area contributed by atoms with Crippen LogP contribution in [-0.2, 0) is 0 Å². The molecule has 0 heterocycles. The Kier molecular flexibility index (Phi) is 7.14. The topological polar surface area (TPSA) is 41.5 Å². The van der Waals surface area contributed by atoms with Gasteiger partial charge in [-0.05, 0) is 41.7 Å². The lowest BCUT2D eigenvalue weighted by Crippen LogP contribution is -2.20. The predicted octanol–water partition coefficient (Wildman–Crippen LogP) is 6.07. The molecule has 0 fully saturated rings. The van der Waals surface area contributed by atoms with Gasteiger partial charge in [0.1, 0.15) is 0 Å². The van der Waals surface area contributed by atoms with Crippen molar-refractivity contribution in [3.05, 3.63) is 96.1 Å². The average molecular weight is 370 g/mol. The fraction of sp³-hybridized carbons (Fsp3) is 0.200. The van der Waals surface area contributed by atoms with Gasteiger partial charge >= 0.3 is 0 Å². The Balaban J connectivity index is 1.70. The maximum Gasteiger partial charge on any atom is 0.271 e. The highest BCUT2D eigenvalue weighted by Gasteiger charge is 2.08. The Hall–Kier alpha value is -3.20. The molecule has 3 rings (SSSR count). The summed E-state index contributed by atoms with van der Waals surface area (Å²) in [6.45, 7) is 2.18. The number of nitrogens with zero attached hydrogens (tertiary/aromatic N) is 1. The van der Waals surface area contributed by atoms with Crippen molar-refractivity contribution in [3.63, 3.8) is 0 Å². The highest BCUT2D eigenvalue weighted by atomic mass is 16.2. The standard InChI is InChI=1S/C25H26N2O/c1-2-3-6-15-24(22-13-9-5-10-14-22)26-27-25(28)23-18-16-21(17-19-23)20-11-7-4-8-12-20/h4-5,7-14,16-19H,2-3,6,15H2,1H3,(H,27,28)/b26-24-. The minimum atomic E-state index is -0.191. The Morgan fingerprint density at radius 3 is 2.00 bits per heavy atom. The third kappa shape index (κ3) is 5.40. The molecule has 0 saturated heterocycles. The Labute approximate surface area is 167 Å². The van der Waals surface area contributed by atoms with Gasteiger partial charge in [0.15, 0.2) is 0 Å². The first-order valence-corrected chi connectivity index (χ1v) is 9.85. The van der Waals surface area contributed by atoms with E-state index in [2.05, 4.69) is 29.6 Å². The van der Waals surface area contributed by atoms with Crippen molar-refractivity contribution in [2.45, 2.75) is 32.6 Å². The number of benzene rings is 3. The first kappa shape index (κ1) is 19.6. The van der Waals surface area contributed by atoms with Gasteiger partial charge in [0.05, 0.1) is 5.71 Å². The summed E-state index contributed by atoms with van der Waals surface area (Å²) in [6, 6.07) is 27.8. The van der Waals surface area contributed by atoms with Crippen molar-refractivity contribution in [1.82, 2.24) is 5.43 Å². The Bertz CT molecular complexity index is 900. The molecule has 28 heavy (non-hydrogen) atoms. The number of amides is 1. The molecule has 3 nitrogen and oxygen atoms in total. The third-order valence-corrected chi connectivity index (χ3v) is 4.67. The SMILES string of the molecule is CCCCC/C(=N/NC(=O)c1ccc(-c2ccccc2)cc1)c1ccccc1. The van der Waals surface area contributed by atoms with Crippen molar-refractivity contribution in [1.29, 1.82) is 0 Å². The van der Waals surface area contributed by atoms with Crippen molar-refractivity contribution in [2.24, 2.45) is 5.10 Å². The lowest BCUT2D eigenvalue weighted by Gasteiger charge is -2.08. The first-order chi connectivity index (χ1) is 13.8. The molecule has 3 heteroatoms. The van der Waals surface area contributed by atoms with Gasteiger partial charge in [-0.25, -0.2) is 5.43 Å². The zero-order valence-corrected chi connectivity index (χ0v) is 16.3. The van der Waals surface area contributed by atoms with Crippen LogP contribution in [0.4, 0.5) is 0 Å². The number of carbonyl (C=O) groups excluding carboxylic acids is 1. The molecule has 0 aliphatic heterocycles. The summed E-state index contributed by atoms with van der Waals surface area (Å²) in [5, 5.41) is 4.44. The minimum absolute atomic E-state index is 0.191. The first-order valence-electron chi connectivity index (χ1n) is 9.85.